The molecule has 0 spiro atoms. The largest absolute Gasteiger partial charge is 0.371 e. The molecular formula is C12H14N2O2. The molecule has 84 valence electrons. The number of hydrogen-bond donors (Lipinski definition) is 1. The molecule has 2 heterocycles. The van der Waals surface area contributed by atoms with E-state index >= 15 is 0 Å². The first-order chi connectivity index (χ1) is 7.79. The summed E-state index contributed by atoms with van der Waals surface area (Å²) in [5, 5.41) is 10.1. The third-order valence-corrected chi connectivity index (χ3v) is 3.39. The van der Waals surface area contributed by atoms with Crippen molar-refractivity contribution in [2.45, 2.75) is 25.1 Å². The van der Waals surface area contributed by atoms with Crippen molar-refractivity contribution in [2.24, 2.45) is 0 Å². The van der Waals surface area contributed by atoms with E-state index in [1.165, 1.54) is 4.90 Å². The molecule has 1 unspecified atom stereocenters. The lowest BCUT2D eigenvalue weighted by Crippen LogP contribution is -2.36. The zero-order chi connectivity index (χ0) is 11.1. The summed E-state index contributed by atoms with van der Waals surface area (Å²) < 4.78 is 0. The van der Waals surface area contributed by atoms with Gasteiger partial charge >= 0.3 is 6.03 Å². The number of aliphatic hydroxyl groups excluding tert-OH is 1. The van der Waals surface area contributed by atoms with Gasteiger partial charge in [0.2, 0.25) is 0 Å². The third kappa shape index (κ3) is 1.23. The highest BCUT2D eigenvalue weighted by Crippen LogP contribution is 2.33. The van der Waals surface area contributed by atoms with Crippen molar-refractivity contribution < 1.29 is 9.90 Å². The predicted octanol–water partition coefficient (Wildman–Crippen LogP) is 1.41. The molecule has 2 aliphatic heterocycles. The van der Waals surface area contributed by atoms with Gasteiger partial charge in [0.1, 0.15) is 0 Å². The highest BCUT2D eigenvalue weighted by atomic mass is 16.3. The van der Waals surface area contributed by atoms with Gasteiger partial charge < -0.3 is 10.0 Å². The highest BCUT2D eigenvalue weighted by Gasteiger charge is 2.47. The monoisotopic (exact) mass is 218 g/mol. The van der Waals surface area contributed by atoms with Crippen LogP contribution >= 0.6 is 0 Å². The second-order valence-corrected chi connectivity index (χ2v) is 4.30. The van der Waals surface area contributed by atoms with Gasteiger partial charge in [0.15, 0.2) is 6.23 Å². The molecule has 0 saturated carbocycles. The van der Waals surface area contributed by atoms with Gasteiger partial charge in [0, 0.05) is 12.2 Å². The van der Waals surface area contributed by atoms with Gasteiger partial charge in [-0.2, -0.15) is 0 Å². The Kier molecular flexibility index (Phi) is 2.11. The molecule has 1 N–H and O–H groups in total. The number of urea groups is 1. The Hall–Kier alpha value is -1.55. The lowest BCUT2D eigenvalue weighted by atomic mass is 10.2. The lowest BCUT2D eigenvalue weighted by molar-refractivity contribution is 0.137. The van der Waals surface area contributed by atoms with Crippen molar-refractivity contribution in [3.63, 3.8) is 0 Å². The Bertz CT molecular complexity index is 407. The quantitative estimate of drug-likeness (QED) is 0.774. The maximum atomic E-state index is 12.1. The predicted molar refractivity (Wildman–Crippen MR) is 60.1 cm³/mol. The van der Waals surface area contributed by atoms with Crippen LogP contribution in [0.1, 0.15) is 12.8 Å². The molecule has 0 aromatic heterocycles. The number of aliphatic hydroxyl groups is 1. The minimum atomic E-state index is -0.697. The Balaban J connectivity index is 1.95. The first-order valence-corrected chi connectivity index (χ1v) is 5.62. The molecule has 0 bridgehead atoms. The van der Waals surface area contributed by atoms with Crippen LogP contribution < -0.4 is 4.90 Å². The van der Waals surface area contributed by atoms with Crippen LogP contribution in [0.3, 0.4) is 0 Å². The summed E-state index contributed by atoms with van der Waals surface area (Å²) in [6.07, 6.45) is 1.20. The average molecular weight is 218 g/mol. The second-order valence-electron chi connectivity index (χ2n) is 4.30. The van der Waals surface area contributed by atoms with Gasteiger partial charge in [0.05, 0.1) is 6.04 Å². The van der Waals surface area contributed by atoms with Crippen LogP contribution in [0, 0.1) is 0 Å². The molecule has 2 aliphatic rings. The van der Waals surface area contributed by atoms with Crippen LogP contribution in [0.2, 0.25) is 0 Å². The second kappa shape index (κ2) is 3.49. The van der Waals surface area contributed by atoms with Crippen LogP contribution in [0.25, 0.3) is 0 Å². The number of rotatable bonds is 1. The van der Waals surface area contributed by atoms with E-state index in [4.69, 9.17) is 0 Å². The number of benzene rings is 1. The van der Waals surface area contributed by atoms with Crippen molar-refractivity contribution in [1.82, 2.24) is 4.90 Å². The number of anilines is 1. The molecular weight excluding hydrogens is 204 g/mol. The molecule has 0 radical (unpaired) electrons. The first-order valence-electron chi connectivity index (χ1n) is 5.62. The van der Waals surface area contributed by atoms with E-state index in [0.717, 1.165) is 25.1 Å². The van der Waals surface area contributed by atoms with Crippen LogP contribution in [0.15, 0.2) is 30.3 Å². The van der Waals surface area contributed by atoms with Crippen LogP contribution in [-0.2, 0) is 0 Å². The minimum absolute atomic E-state index is 0.0206. The number of amides is 2. The zero-order valence-corrected chi connectivity index (χ0v) is 8.91. The molecule has 2 atom stereocenters. The number of carbonyl (C=O) groups is 1. The Labute approximate surface area is 94.1 Å². The molecule has 3 rings (SSSR count). The van der Waals surface area contributed by atoms with Gasteiger partial charge in [-0.25, -0.2) is 4.79 Å². The lowest BCUT2D eigenvalue weighted by Gasteiger charge is -2.20. The molecule has 0 aliphatic carbocycles. The molecule has 4 nitrogen and oxygen atoms in total. The third-order valence-electron chi connectivity index (χ3n) is 3.39. The zero-order valence-electron chi connectivity index (χ0n) is 8.91. The molecule has 2 saturated heterocycles. The normalized spacial score (nSPS) is 28.7. The Morgan fingerprint density at radius 3 is 2.69 bits per heavy atom. The number of nitrogens with zero attached hydrogens (tertiary/aromatic N) is 2. The van der Waals surface area contributed by atoms with Crippen molar-refractivity contribution in [1.29, 1.82) is 0 Å². The number of fused-ring (bicyclic) bond motifs is 1. The topological polar surface area (TPSA) is 43.8 Å². The molecule has 4 heteroatoms. The van der Waals surface area contributed by atoms with E-state index in [0.29, 0.717) is 0 Å². The summed E-state index contributed by atoms with van der Waals surface area (Å²) in [5.74, 6) is 0. The van der Waals surface area contributed by atoms with Crippen molar-refractivity contribution in [3.05, 3.63) is 30.3 Å². The van der Waals surface area contributed by atoms with Gasteiger partial charge in [-0.15, -0.1) is 0 Å². The highest BCUT2D eigenvalue weighted by molar-refractivity contribution is 5.95. The SMILES string of the molecule is O=C1N(c2ccccc2)C(O)[C@@H]2CCCN12. The smallest absolute Gasteiger partial charge is 0.327 e. The van der Waals surface area contributed by atoms with Crippen LogP contribution in [0.5, 0.6) is 0 Å². The van der Waals surface area contributed by atoms with E-state index in [-0.39, 0.29) is 12.1 Å². The average Bonchev–Trinajstić information content (AvgIpc) is 2.86. The molecule has 16 heavy (non-hydrogen) atoms. The first kappa shape index (κ1) is 9.66. The van der Waals surface area contributed by atoms with E-state index in [2.05, 4.69) is 0 Å². The molecule has 2 fully saturated rings. The fourth-order valence-corrected chi connectivity index (χ4v) is 2.62. The van der Waals surface area contributed by atoms with Gasteiger partial charge in [-0.3, -0.25) is 4.90 Å². The molecule has 2 amide bonds. The standard InChI is InChI=1S/C12H14N2O2/c15-11-10-7-4-8-13(10)12(16)14(11)9-5-2-1-3-6-9/h1-3,5-6,10-11,15H,4,7-8H2/t10-,11?/m0/s1. The fraction of sp³-hybridized carbons (Fsp3) is 0.417. The van der Waals surface area contributed by atoms with Crippen molar-refractivity contribution in [3.8, 4) is 0 Å². The summed E-state index contributed by atoms with van der Waals surface area (Å²) in [6.45, 7) is 0.768. The maximum Gasteiger partial charge on any atom is 0.327 e. The van der Waals surface area contributed by atoms with Crippen molar-refractivity contribution in [2.75, 3.05) is 11.4 Å². The van der Waals surface area contributed by atoms with Gasteiger partial charge in [-0.1, -0.05) is 18.2 Å². The van der Waals surface area contributed by atoms with E-state index in [1.54, 1.807) is 4.90 Å². The summed E-state index contributed by atoms with van der Waals surface area (Å²) in [4.78, 5) is 15.4. The summed E-state index contributed by atoms with van der Waals surface area (Å²) >= 11 is 0. The molecule has 1 aromatic rings. The molecule has 1 aromatic carbocycles. The van der Waals surface area contributed by atoms with Crippen LogP contribution in [-0.4, -0.2) is 34.9 Å². The summed E-state index contributed by atoms with van der Waals surface area (Å²) in [7, 11) is 0. The Morgan fingerprint density at radius 2 is 2.00 bits per heavy atom. The van der Waals surface area contributed by atoms with E-state index in [1.807, 2.05) is 30.3 Å². The maximum absolute atomic E-state index is 12.1. The Morgan fingerprint density at radius 1 is 1.25 bits per heavy atom. The minimum Gasteiger partial charge on any atom is -0.371 e. The number of hydrogen-bond acceptors (Lipinski definition) is 2. The fourth-order valence-electron chi connectivity index (χ4n) is 2.62. The van der Waals surface area contributed by atoms with Crippen molar-refractivity contribution >= 4 is 11.7 Å². The van der Waals surface area contributed by atoms with Gasteiger partial charge in [-0.05, 0) is 25.0 Å². The van der Waals surface area contributed by atoms with E-state index in [9.17, 15) is 9.90 Å². The number of para-hydroxylation sites is 1. The summed E-state index contributed by atoms with van der Waals surface area (Å²) in [6, 6.07) is 9.26. The van der Waals surface area contributed by atoms with Crippen LogP contribution in [0.4, 0.5) is 10.5 Å². The van der Waals surface area contributed by atoms with Gasteiger partial charge in [0.25, 0.3) is 0 Å². The number of carbonyl (C=O) groups excluding carboxylic acids is 1. The van der Waals surface area contributed by atoms with E-state index < -0.39 is 6.23 Å². The summed E-state index contributed by atoms with van der Waals surface area (Å²) in [5.41, 5.74) is 0.773.